The Labute approximate surface area is 161 Å². The molecule has 0 radical (unpaired) electrons. The summed E-state index contributed by atoms with van der Waals surface area (Å²) in [4.78, 5) is 26.8. The Balaban J connectivity index is 1.89. The van der Waals surface area contributed by atoms with Crippen molar-refractivity contribution in [3.05, 3.63) is 47.0 Å². The van der Waals surface area contributed by atoms with Gasteiger partial charge in [-0.3, -0.25) is 9.59 Å². The van der Waals surface area contributed by atoms with Crippen LogP contribution in [0.1, 0.15) is 33.4 Å². The number of hydrogen-bond donors (Lipinski definition) is 1. The fraction of sp³-hybridized carbons (Fsp3) is 0.300. The maximum atomic E-state index is 13.1. The summed E-state index contributed by atoms with van der Waals surface area (Å²) in [6, 6.07) is 7.57. The summed E-state index contributed by atoms with van der Waals surface area (Å²) < 4.78 is 21.3. The van der Waals surface area contributed by atoms with Gasteiger partial charge in [-0.1, -0.05) is 6.07 Å². The molecule has 8 nitrogen and oxygen atoms in total. The number of nitrogens with zero attached hydrogens (tertiary/aromatic N) is 1. The molecule has 0 saturated carbocycles. The highest BCUT2D eigenvalue weighted by atomic mass is 16.7. The zero-order valence-electron chi connectivity index (χ0n) is 15.6. The Kier molecular flexibility index (Phi) is 4.26. The van der Waals surface area contributed by atoms with Crippen LogP contribution in [0, 0.1) is 0 Å². The van der Waals surface area contributed by atoms with E-state index >= 15 is 0 Å². The van der Waals surface area contributed by atoms with Crippen molar-refractivity contribution < 1.29 is 33.6 Å². The lowest BCUT2D eigenvalue weighted by molar-refractivity contribution is -0.140. The Bertz CT molecular complexity index is 971. The van der Waals surface area contributed by atoms with Crippen LogP contribution in [0.3, 0.4) is 0 Å². The molecule has 0 spiro atoms. The quantitative estimate of drug-likeness (QED) is 0.864. The standard InChI is InChI=1S/C20H19NO7/c1-21-18(10-4-5-13-16(6-10)28-9-27-13)17(20(23)24)11-7-14(25-2)15(26-3)8-12(11)19(21)22/h4-8,17-18H,9H2,1-3H3,(H,23,24)/t17-,18+/m0/s1. The lowest BCUT2D eigenvalue weighted by Crippen LogP contribution is -2.42. The van der Waals surface area contributed by atoms with Gasteiger partial charge in [0.25, 0.3) is 5.91 Å². The number of carbonyl (C=O) groups is 2. The van der Waals surface area contributed by atoms with Gasteiger partial charge in [-0.15, -0.1) is 0 Å². The number of benzene rings is 2. The van der Waals surface area contributed by atoms with E-state index in [4.69, 9.17) is 18.9 Å². The van der Waals surface area contributed by atoms with Crippen LogP contribution in [-0.4, -0.2) is 49.9 Å². The van der Waals surface area contributed by atoms with Gasteiger partial charge < -0.3 is 29.0 Å². The number of rotatable bonds is 4. The maximum absolute atomic E-state index is 13.1. The van der Waals surface area contributed by atoms with Crippen molar-refractivity contribution in [2.24, 2.45) is 0 Å². The summed E-state index contributed by atoms with van der Waals surface area (Å²) in [7, 11) is 4.52. The van der Waals surface area contributed by atoms with Crippen LogP contribution < -0.4 is 18.9 Å². The van der Waals surface area contributed by atoms with Crippen molar-refractivity contribution in [1.29, 1.82) is 0 Å². The van der Waals surface area contributed by atoms with Gasteiger partial charge >= 0.3 is 5.97 Å². The zero-order chi connectivity index (χ0) is 20.0. The van der Waals surface area contributed by atoms with E-state index in [0.717, 1.165) is 0 Å². The summed E-state index contributed by atoms with van der Waals surface area (Å²) in [6.07, 6.45) is 0. The van der Waals surface area contributed by atoms with Crippen LogP contribution in [0.15, 0.2) is 30.3 Å². The Morgan fingerprint density at radius 3 is 2.46 bits per heavy atom. The fourth-order valence-electron chi connectivity index (χ4n) is 3.83. The molecule has 4 rings (SSSR count). The molecule has 2 aromatic rings. The molecule has 28 heavy (non-hydrogen) atoms. The number of ether oxygens (including phenoxy) is 4. The number of methoxy groups -OCH3 is 2. The van der Waals surface area contributed by atoms with E-state index in [-0.39, 0.29) is 18.3 Å². The first kappa shape index (κ1) is 18.0. The highest BCUT2D eigenvalue weighted by molar-refractivity contribution is 6.01. The fourth-order valence-corrected chi connectivity index (χ4v) is 3.83. The van der Waals surface area contributed by atoms with Crippen LogP contribution in [0.2, 0.25) is 0 Å². The minimum absolute atomic E-state index is 0.112. The van der Waals surface area contributed by atoms with Gasteiger partial charge in [0.2, 0.25) is 6.79 Å². The maximum Gasteiger partial charge on any atom is 0.313 e. The Hall–Kier alpha value is -3.42. The van der Waals surface area contributed by atoms with Crippen molar-refractivity contribution in [2.75, 3.05) is 28.1 Å². The van der Waals surface area contributed by atoms with Crippen LogP contribution in [-0.2, 0) is 4.79 Å². The molecule has 2 aliphatic heterocycles. The molecule has 8 heteroatoms. The number of fused-ring (bicyclic) bond motifs is 2. The smallest absolute Gasteiger partial charge is 0.313 e. The molecular weight excluding hydrogens is 366 g/mol. The van der Waals surface area contributed by atoms with Gasteiger partial charge in [-0.25, -0.2) is 0 Å². The molecule has 0 bridgehead atoms. The van der Waals surface area contributed by atoms with Gasteiger partial charge in [0.15, 0.2) is 23.0 Å². The number of likely N-dealkylation sites (N-methyl/N-ethyl adjacent to an activating group) is 1. The molecule has 2 heterocycles. The summed E-state index contributed by atoms with van der Waals surface area (Å²) in [6.45, 7) is 0.112. The first-order chi connectivity index (χ1) is 13.5. The van der Waals surface area contributed by atoms with E-state index in [0.29, 0.717) is 34.1 Å². The van der Waals surface area contributed by atoms with Crippen LogP contribution in [0.5, 0.6) is 23.0 Å². The molecule has 1 N–H and O–H groups in total. The van der Waals surface area contributed by atoms with Gasteiger partial charge in [-0.2, -0.15) is 0 Å². The first-order valence-electron chi connectivity index (χ1n) is 8.61. The summed E-state index contributed by atoms with van der Waals surface area (Å²) in [5, 5.41) is 10.0. The normalized spacial score (nSPS) is 20.0. The van der Waals surface area contributed by atoms with Gasteiger partial charge in [0, 0.05) is 12.6 Å². The number of carboxylic acid groups (broad SMARTS) is 1. The highest BCUT2D eigenvalue weighted by Crippen LogP contribution is 2.47. The predicted molar refractivity (Wildman–Crippen MR) is 97.3 cm³/mol. The summed E-state index contributed by atoms with van der Waals surface area (Å²) >= 11 is 0. The third kappa shape index (κ3) is 2.60. The van der Waals surface area contributed by atoms with Crippen LogP contribution in [0.25, 0.3) is 0 Å². The monoisotopic (exact) mass is 385 g/mol. The van der Waals surface area contributed by atoms with E-state index in [1.165, 1.54) is 25.2 Å². The van der Waals surface area contributed by atoms with E-state index < -0.39 is 17.9 Å². The number of amides is 1. The van der Waals surface area contributed by atoms with E-state index in [9.17, 15) is 14.7 Å². The van der Waals surface area contributed by atoms with E-state index in [1.807, 2.05) is 0 Å². The van der Waals surface area contributed by atoms with Gasteiger partial charge in [0.05, 0.1) is 20.3 Å². The molecule has 0 fully saturated rings. The second kappa shape index (κ2) is 6.63. The van der Waals surface area contributed by atoms with Crippen molar-refractivity contribution in [2.45, 2.75) is 12.0 Å². The van der Waals surface area contributed by atoms with E-state index in [1.54, 1.807) is 31.3 Å². The number of aliphatic carboxylic acids is 1. The third-order valence-corrected chi connectivity index (χ3v) is 5.18. The van der Waals surface area contributed by atoms with Crippen molar-refractivity contribution in [3.8, 4) is 23.0 Å². The number of carbonyl (C=O) groups excluding carboxylic acids is 1. The zero-order valence-corrected chi connectivity index (χ0v) is 15.6. The molecule has 0 saturated heterocycles. The van der Waals surface area contributed by atoms with Gasteiger partial charge in [-0.05, 0) is 35.4 Å². The largest absolute Gasteiger partial charge is 0.493 e. The lowest BCUT2D eigenvalue weighted by atomic mass is 9.79. The molecule has 0 aliphatic carbocycles. The second-order valence-electron chi connectivity index (χ2n) is 6.58. The van der Waals surface area contributed by atoms with Crippen molar-refractivity contribution in [3.63, 3.8) is 0 Å². The number of carboxylic acids is 1. The minimum Gasteiger partial charge on any atom is -0.493 e. The minimum atomic E-state index is -1.05. The van der Waals surface area contributed by atoms with Crippen LogP contribution in [0.4, 0.5) is 0 Å². The molecule has 0 unspecified atom stereocenters. The molecule has 146 valence electrons. The van der Waals surface area contributed by atoms with Crippen molar-refractivity contribution in [1.82, 2.24) is 4.90 Å². The van der Waals surface area contributed by atoms with E-state index in [2.05, 4.69) is 0 Å². The van der Waals surface area contributed by atoms with Crippen LogP contribution >= 0.6 is 0 Å². The molecule has 0 aromatic heterocycles. The summed E-state index contributed by atoms with van der Waals surface area (Å²) in [5.41, 5.74) is 1.31. The Morgan fingerprint density at radius 2 is 1.79 bits per heavy atom. The molecule has 1 amide bonds. The SMILES string of the molecule is COc1cc2c(cc1OC)[C@H](C(=O)O)[C@@H](c1ccc3c(c1)OCO3)N(C)C2=O. The third-order valence-electron chi connectivity index (χ3n) is 5.18. The molecular formula is C20H19NO7. The van der Waals surface area contributed by atoms with Crippen molar-refractivity contribution >= 4 is 11.9 Å². The molecule has 2 aliphatic rings. The number of hydrogen-bond acceptors (Lipinski definition) is 6. The average Bonchev–Trinajstić information content (AvgIpc) is 3.16. The lowest BCUT2D eigenvalue weighted by Gasteiger charge is -2.39. The molecule has 2 aromatic carbocycles. The first-order valence-corrected chi connectivity index (χ1v) is 8.61. The van der Waals surface area contributed by atoms with Gasteiger partial charge in [0.1, 0.15) is 5.92 Å². The highest BCUT2D eigenvalue weighted by Gasteiger charge is 2.44. The topological polar surface area (TPSA) is 94.5 Å². The summed E-state index contributed by atoms with van der Waals surface area (Å²) in [5.74, 6) is -0.472. The molecule has 2 atom stereocenters. The average molecular weight is 385 g/mol. The Morgan fingerprint density at radius 1 is 1.11 bits per heavy atom. The second-order valence-corrected chi connectivity index (χ2v) is 6.58. The predicted octanol–water partition coefficient (Wildman–Crippen LogP) is 2.43.